The second kappa shape index (κ2) is 10.8. The van der Waals surface area contributed by atoms with Crippen molar-refractivity contribution in [1.82, 2.24) is 15.0 Å². The molecule has 1 saturated heterocycles. The molecule has 48 heavy (non-hydrogen) atoms. The molecule has 1 unspecified atom stereocenters. The first-order chi connectivity index (χ1) is 22.8. The molecule has 5 saturated carbocycles. The SMILES string of the molecule is C=C(C)[N@@+]1(C=O)CCC([C@]23CCC[C@@H]2[C@H]2CC[C@@H]4[C@@]5(C)CC[C@H](O)C(C)(C)[C@@H]5CC[C@@]4(C)[C@]2(C)CC3)[C@H]1c1ncc(-c2ccccn2)[nH]1. The molecule has 8 rings (SSSR count). The van der Waals surface area contributed by atoms with Crippen LogP contribution in [0, 0.1) is 56.7 Å². The van der Waals surface area contributed by atoms with E-state index in [1.807, 2.05) is 30.6 Å². The van der Waals surface area contributed by atoms with Gasteiger partial charge in [0.2, 0.25) is 0 Å². The number of amides is 1. The maximum Gasteiger partial charge on any atom is 0.306 e. The summed E-state index contributed by atoms with van der Waals surface area (Å²) in [7, 11) is 0. The Morgan fingerprint density at radius 1 is 0.896 bits per heavy atom. The molecule has 6 nitrogen and oxygen atoms in total. The normalized spacial score (nSPS) is 47.8. The number of aliphatic hydroxyl groups excluding tert-OH is 1. The number of nitrogens with one attached hydrogen (secondary N) is 1. The molecular weight excluding hydrogens is 592 g/mol. The Hall–Kier alpha value is -2.31. The highest BCUT2D eigenvalue weighted by atomic mass is 16.3. The van der Waals surface area contributed by atoms with E-state index in [-0.39, 0.29) is 27.5 Å². The molecule has 5 aliphatic carbocycles. The maximum atomic E-state index is 13.3. The third-order valence-electron chi connectivity index (χ3n) is 17.5. The quantitative estimate of drug-likeness (QED) is 0.249. The van der Waals surface area contributed by atoms with Gasteiger partial charge in [0.05, 0.1) is 30.2 Å². The molecule has 2 aromatic rings. The topological polar surface area (TPSA) is 78.9 Å². The van der Waals surface area contributed by atoms with Gasteiger partial charge in [-0.15, -0.1) is 0 Å². The lowest BCUT2D eigenvalue weighted by Gasteiger charge is -2.73. The summed E-state index contributed by atoms with van der Waals surface area (Å²) in [5.41, 5.74) is 3.90. The van der Waals surface area contributed by atoms with Gasteiger partial charge in [0.15, 0.2) is 11.9 Å². The first-order valence-electron chi connectivity index (χ1n) is 19.4. The lowest BCUT2D eigenvalue weighted by molar-refractivity contribution is -0.829. The number of nitrogens with zero attached hydrogens (tertiary/aromatic N) is 3. The Morgan fingerprint density at radius 3 is 2.44 bits per heavy atom. The Balaban J connectivity index is 1.16. The van der Waals surface area contributed by atoms with E-state index in [1.165, 1.54) is 70.6 Å². The van der Waals surface area contributed by atoms with Gasteiger partial charge in [-0.3, -0.25) is 4.98 Å². The molecule has 1 aliphatic heterocycles. The van der Waals surface area contributed by atoms with Gasteiger partial charge in [0.25, 0.3) is 0 Å². The zero-order chi connectivity index (χ0) is 33.9. The van der Waals surface area contributed by atoms with Crippen LogP contribution in [0.3, 0.4) is 0 Å². The summed E-state index contributed by atoms with van der Waals surface area (Å²) < 4.78 is 0.289. The van der Waals surface area contributed by atoms with Crippen LogP contribution in [0.1, 0.15) is 130 Å². The van der Waals surface area contributed by atoms with E-state index in [0.29, 0.717) is 34.0 Å². The van der Waals surface area contributed by atoms with Crippen LogP contribution in [0.5, 0.6) is 0 Å². The van der Waals surface area contributed by atoms with E-state index in [9.17, 15) is 9.90 Å². The Labute approximate surface area is 289 Å². The zero-order valence-corrected chi connectivity index (χ0v) is 30.6. The van der Waals surface area contributed by atoms with Crippen molar-refractivity contribution in [1.29, 1.82) is 0 Å². The number of aliphatic hydroxyl groups is 1. The van der Waals surface area contributed by atoms with Crippen LogP contribution in [-0.2, 0) is 4.79 Å². The predicted octanol–water partition coefficient (Wildman–Crippen LogP) is 9.26. The van der Waals surface area contributed by atoms with E-state index >= 15 is 0 Å². The highest BCUT2D eigenvalue weighted by molar-refractivity contribution is 5.53. The highest BCUT2D eigenvalue weighted by Gasteiger charge is 2.72. The van der Waals surface area contributed by atoms with E-state index in [2.05, 4.69) is 58.1 Å². The van der Waals surface area contributed by atoms with Crippen molar-refractivity contribution in [2.45, 2.75) is 131 Å². The van der Waals surface area contributed by atoms with Gasteiger partial charge in [-0.2, -0.15) is 0 Å². The Morgan fingerprint density at radius 2 is 1.71 bits per heavy atom. The van der Waals surface area contributed by atoms with Crippen LogP contribution >= 0.6 is 0 Å². The van der Waals surface area contributed by atoms with E-state index < -0.39 is 0 Å². The summed E-state index contributed by atoms with van der Waals surface area (Å²) in [5, 5.41) is 11.1. The van der Waals surface area contributed by atoms with Gasteiger partial charge < -0.3 is 10.1 Å². The fourth-order valence-electron chi connectivity index (χ4n) is 15.0. The van der Waals surface area contributed by atoms with Gasteiger partial charge >= 0.3 is 6.41 Å². The predicted molar refractivity (Wildman–Crippen MR) is 190 cm³/mol. The number of carbonyl (C=O) groups excluding carboxylic acids is 1. The van der Waals surface area contributed by atoms with Crippen LogP contribution in [0.2, 0.25) is 0 Å². The second-order valence-electron chi connectivity index (χ2n) is 19.0. The van der Waals surface area contributed by atoms with Crippen LogP contribution in [0.4, 0.5) is 0 Å². The summed E-state index contributed by atoms with van der Waals surface area (Å²) in [5.74, 6) is 4.06. The zero-order valence-electron chi connectivity index (χ0n) is 30.6. The standard InChI is InChI=1S/C42H61N4O2/c1-27(2)46(26-47)24-17-30(36(46)37-44-25-32(45-37)31-12-8-9-23-43-31)42-18-10-11-29(42)28-13-14-34-39(5)19-16-35(48)38(3,4)33(39)15-20-41(34,7)40(28,6)21-22-42/h8-9,12,23,25-26,28-30,33-36,48H,1,10-11,13-22,24H2,2-7H3,(H,44,45)/q+1/t28-,29-,30?,33+,34-,35+,36+,39+,40-,41-,42+,46+/m1/s1. The number of pyridine rings is 1. The number of rotatable bonds is 5. The number of fused-ring (bicyclic) bond motifs is 7. The van der Waals surface area contributed by atoms with Crippen LogP contribution in [0.25, 0.3) is 11.4 Å². The molecule has 0 spiro atoms. The van der Waals surface area contributed by atoms with E-state index in [0.717, 1.165) is 54.1 Å². The summed E-state index contributed by atoms with van der Waals surface area (Å²) in [6, 6.07) is 5.95. The summed E-state index contributed by atoms with van der Waals surface area (Å²) in [4.78, 5) is 26.6. The van der Waals surface area contributed by atoms with Crippen LogP contribution in [0.15, 0.2) is 42.9 Å². The number of hydrogen-bond acceptors (Lipinski definition) is 4. The molecule has 3 heterocycles. The maximum absolute atomic E-state index is 13.3. The molecule has 2 N–H and O–H groups in total. The van der Waals surface area contributed by atoms with Crippen molar-refractivity contribution in [3.63, 3.8) is 0 Å². The minimum atomic E-state index is -0.176. The number of imidazole rings is 1. The number of likely N-dealkylation sites (tertiary alicyclic amines) is 1. The van der Waals surface area contributed by atoms with Gasteiger partial charge in [-0.1, -0.05) is 47.1 Å². The Kier molecular flexibility index (Phi) is 7.43. The van der Waals surface area contributed by atoms with Gasteiger partial charge in [-0.25, -0.2) is 14.3 Å². The van der Waals surface area contributed by atoms with Gasteiger partial charge in [-0.05, 0) is 134 Å². The average molecular weight is 654 g/mol. The highest BCUT2D eigenvalue weighted by Crippen LogP contribution is 2.78. The van der Waals surface area contributed by atoms with Crippen molar-refractivity contribution in [3.05, 3.63) is 48.7 Å². The molecule has 0 bridgehead atoms. The smallest absolute Gasteiger partial charge is 0.306 e. The van der Waals surface area contributed by atoms with Gasteiger partial charge in [0, 0.05) is 25.5 Å². The fraction of sp³-hybridized carbons (Fsp3) is 0.738. The van der Waals surface area contributed by atoms with Crippen molar-refractivity contribution < 1.29 is 14.4 Å². The number of aromatic amines is 1. The first-order valence-corrected chi connectivity index (χ1v) is 19.4. The van der Waals surface area contributed by atoms with Crippen molar-refractivity contribution in [2.75, 3.05) is 6.54 Å². The number of allylic oxidation sites excluding steroid dienone is 1. The number of aromatic nitrogens is 3. The van der Waals surface area contributed by atoms with Crippen LogP contribution < -0.4 is 0 Å². The Bertz CT molecular complexity index is 1580. The third-order valence-corrected chi connectivity index (χ3v) is 17.5. The fourth-order valence-corrected chi connectivity index (χ4v) is 15.0. The minimum absolute atomic E-state index is 0.00829. The molecule has 0 aromatic carbocycles. The number of hydrogen-bond donors (Lipinski definition) is 2. The molecule has 6 heteroatoms. The molecule has 0 radical (unpaired) electrons. The second-order valence-corrected chi connectivity index (χ2v) is 19.0. The molecule has 6 fully saturated rings. The molecule has 260 valence electrons. The molecule has 1 amide bonds. The minimum Gasteiger partial charge on any atom is -0.393 e. The number of quaternary nitrogens is 1. The summed E-state index contributed by atoms with van der Waals surface area (Å²) in [6.07, 6.45) is 19.7. The van der Waals surface area contributed by atoms with E-state index in [1.54, 1.807) is 0 Å². The molecule has 2 aromatic heterocycles. The lowest BCUT2D eigenvalue weighted by Crippen LogP contribution is -2.66. The number of carbonyl (C=O) groups is 1. The lowest BCUT2D eigenvalue weighted by atomic mass is 9.32. The molecular formula is C42H61N4O2+. The largest absolute Gasteiger partial charge is 0.393 e. The summed E-state index contributed by atoms with van der Waals surface area (Å²) in [6.45, 7) is 20.1. The van der Waals surface area contributed by atoms with Crippen LogP contribution in [-0.4, -0.2) is 43.6 Å². The van der Waals surface area contributed by atoms with Gasteiger partial charge in [0.1, 0.15) is 5.70 Å². The van der Waals surface area contributed by atoms with E-state index in [4.69, 9.17) is 4.98 Å². The number of H-pyrrole nitrogens is 1. The molecule has 12 atom stereocenters. The molecule has 6 aliphatic rings. The van der Waals surface area contributed by atoms with Crippen molar-refractivity contribution in [2.24, 2.45) is 56.7 Å². The first kappa shape index (κ1) is 32.9. The van der Waals surface area contributed by atoms with Crippen molar-refractivity contribution >= 4 is 6.41 Å². The monoisotopic (exact) mass is 653 g/mol. The average Bonchev–Trinajstić information content (AvgIpc) is 3.81. The van der Waals surface area contributed by atoms with Crippen molar-refractivity contribution in [3.8, 4) is 11.4 Å². The summed E-state index contributed by atoms with van der Waals surface area (Å²) >= 11 is 0. The third kappa shape index (κ3) is 4.08.